The largest absolute Gasteiger partial charge is 0.281 e. The van der Waals surface area contributed by atoms with E-state index in [0.717, 1.165) is 13.0 Å². The van der Waals surface area contributed by atoms with Crippen LogP contribution >= 0.6 is 0 Å². The maximum Gasteiger partial charge on any atom is 0.0954 e. The van der Waals surface area contributed by atoms with Gasteiger partial charge in [0, 0.05) is 12.6 Å². The van der Waals surface area contributed by atoms with Crippen LogP contribution in [0.3, 0.4) is 0 Å². The fourth-order valence-electron chi connectivity index (χ4n) is 1.96. The van der Waals surface area contributed by atoms with Crippen LogP contribution in [0.2, 0.25) is 0 Å². The fraction of sp³-hybridized carbons (Fsp3) is 0.400. The number of nitrogens with zero attached hydrogens (tertiary/aromatic N) is 2. The zero-order valence-electron chi connectivity index (χ0n) is 10.6. The Labute approximate surface area is 104 Å². The third-order valence-corrected chi connectivity index (χ3v) is 3.06. The molecule has 0 bridgehead atoms. The van der Waals surface area contributed by atoms with Crippen LogP contribution < -0.4 is 0 Å². The van der Waals surface area contributed by atoms with Crippen LogP contribution in [0.5, 0.6) is 0 Å². The van der Waals surface area contributed by atoms with Gasteiger partial charge in [0.15, 0.2) is 0 Å². The molecule has 0 aliphatic carbocycles. The van der Waals surface area contributed by atoms with Crippen molar-refractivity contribution in [3.8, 4) is 6.07 Å². The first-order valence-corrected chi connectivity index (χ1v) is 6.02. The Balaban J connectivity index is 2.83. The Morgan fingerprint density at radius 3 is 2.53 bits per heavy atom. The lowest BCUT2D eigenvalue weighted by molar-refractivity contribution is 0.188. The summed E-state index contributed by atoms with van der Waals surface area (Å²) >= 11 is 0. The molecule has 0 heterocycles. The summed E-state index contributed by atoms with van der Waals surface area (Å²) in [7, 11) is 0. The van der Waals surface area contributed by atoms with Gasteiger partial charge < -0.3 is 0 Å². The lowest BCUT2D eigenvalue weighted by atomic mass is 10.1. The third-order valence-electron chi connectivity index (χ3n) is 3.06. The van der Waals surface area contributed by atoms with E-state index in [9.17, 15) is 0 Å². The first-order chi connectivity index (χ1) is 8.20. The molecule has 0 saturated carbocycles. The summed E-state index contributed by atoms with van der Waals surface area (Å²) in [6.07, 6.45) is 2.80. The van der Waals surface area contributed by atoms with Crippen molar-refractivity contribution < 1.29 is 0 Å². The van der Waals surface area contributed by atoms with Gasteiger partial charge in [0.1, 0.15) is 0 Å². The van der Waals surface area contributed by atoms with Gasteiger partial charge in [0.2, 0.25) is 0 Å². The Morgan fingerprint density at radius 2 is 2.00 bits per heavy atom. The number of hydrogen-bond donors (Lipinski definition) is 0. The minimum Gasteiger partial charge on any atom is -0.281 e. The molecule has 90 valence electrons. The lowest BCUT2D eigenvalue weighted by Gasteiger charge is -2.31. The van der Waals surface area contributed by atoms with Crippen molar-refractivity contribution in [2.45, 2.75) is 32.4 Å². The molecule has 1 unspecified atom stereocenters. The minimum atomic E-state index is -0.0786. The van der Waals surface area contributed by atoms with Crippen LogP contribution in [-0.4, -0.2) is 17.5 Å². The molecule has 0 amide bonds. The van der Waals surface area contributed by atoms with E-state index in [1.165, 1.54) is 5.56 Å². The quantitative estimate of drug-likeness (QED) is 0.696. The molecule has 0 radical (unpaired) electrons. The summed E-state index contributed by atoms with van der Waals surface area (Å²) in [4.78, 5) is 2.21. The van der Waals surface area contributed by atoms with Gasteiger partial charge in [0.25, 0.3) is 0 Å². The second-order valence-electron chi connectivity index (χ2n) is 4.21. The molecule has 0 aromatic heterocycles. The average molecular weight is 228 g/mol. The molecule has 0 N–H and O–H groups in total. The Morgan fingerprint density at radius 1 is 1.35 bits per heavy atom. The number of rotatable bonds is 6. The molecule has 1 aromatic carbocycles. The standard InChI is InChI=1S/C15H20N2/c1-4-5-11-17(13(2)12-16)14(3)15-9-7-6-8-10-15/h4,6-10,13-14H,1,5,11H2,2-3H3/t13?,14-/m1/s1. The molecule has 1 rings (SSSR count). The normalized spacial score (nSPS) is 14.0. The molecule has 2 atom stereocenters. The van der Waals surface area contributed by atoms with E-state index < -0.39 is 0 Å². The maximum atomic E-state index is 9.08. The van der Waals surface area contributed by atoms with Gasteiger partial charge in [-0.3, -0.25) is 4.90 Å². The maximum absolute atomic E-state index is 9.08. The molecule has 0 aliphatic heterocycles. The van der Waals surface area contributed by atoms with Crippen molar-refractivity contribution in [1.29, 1.82) is 5.26 Å². The molecule has 0 aliphatic rings. The molecular weight excluding hydrogens is 208 g/mol. The summed E-state index contributed by atoms with van der Waals surface area (Å²) in [6.45, 7) is 8.70. The third kappa shape index (κ3) is 3.72. The monoisotopic (exact) mass is 228 g/mol. The van der Waals surface area contributed by atoms with Crippen molar-refractivity contribution in [3.05, 3.63) is 48.6 Å². The van der Waals surface area contributed by atoms with E-state index in [2.05, 4.69) is 36.6 Å². The molecule has 2 nitrogen and oxygen atoms in total. The summed E-state index contributed by atoms with van der Waals surface area (Å²) in [5, 5.41) is 9.08. The second-order valence-corrected chi connectivity index (χ2v) is 4.21. The Hall–Kier alpha value is -1.59. The molecule has 0 saturated heterocycles. The van der Waals surface area contributed by atoms with Crippen LogP contribution in [0, 0.1) is 11.3 Å². The highest BCUT2D eigenvalue weighted by atomic mass is 15.2. The van der Waals surface area contributed by atoms with Gasteiger partial charge >= 0.3 is 0 Å². The van der Waals surface area contributed by atoms with Crippen LogP contribution in [0.15, 0.2) is 43.0 Å². The van der Waals surface area contributed by atoms with Crippen molar-refractivity contribution in [1.82, 2.24) is 4.90 Å². The van der Waals surface area contributed by atoms with Crippen molar-refractivity contribution >= 4 is 0 Å². The topological polar surface area (TPSA) is 27.0 Å². The van der Waals surface area contributed by atoms with Gasteiger partial charge in [0.05, 0.1) is 12.1 Å². The van der Waals surface area contributed by atoms with Gasteiger partial charge in [-0.1, -0.05) is 36.4 Å². The first-order valence-electron chi connectivity index (χ1n) is 6.02. The lowest BCUT2D eigenvalue weighted by Crippen LogP contribution is -2.35. The molecule has 2 heteroatoms. The van der Waals surface area contributed by atoms with E-state index >= 15 is 0 Å². The molecule has 1 aromatic rings. The molecule has 0 fully saturated rings. The SMILES string of the molecule is C=CCCN(C(C)C#N)[C@H](C)c1ccccc1. The summed E-state index contributed by atoms with van der Waals surface area (Å²) in [6, 6.07) is 12.8. The van der Waals surface area contributed by atoms with Crippen LogP contribution in [0.1, 0.15) is 31.9 Å². The molecule has 17 heavy (non-hydrogen) atoms. The van der Waals surface area contributed by atoms with E-state index in [0.29, 0.717) is 0 Å². The predicted octanol–water partition coefficient (Wildman–Crippen LogP) is 3.54. The van der Waals surface area contributed by atoms with Crippen LogP contribution in [0.25, 0.3) is 0 Å². The summed E-state index contributed by atoms with van der Waals surface area (Å²) in [5.74, 6) is 0. The highest BCUT2D eigenvalue weighted by Crippen LogP contribution is 2.22. The zero-order chi connectivity index (χ0) is 12.7. The highest BCUT2D eigenvalue weighted by molar-refractivity contribution is 5.19. The minimum absolute atomic E-state index is 0.0786. The predicted molar refractivity (Wildman–Crippen MR) is 71.5 cm³/mol. The van der Waals surface area contributed by atoms with E-state index in [1.807, 2.05) is 31.2 Å². The number of nitriles is 1. The van der Waals surface area contributed by atoms with Gasteiger partial charge in [-0.15, -0.1) is 6.58 Å². The summed E-state index contributed by atoms with van der Waals surface area (Å²) in [5.41, 5.74) is 1.25. The summed E-state index contributed by atoms with van der Waals surface area (Å²) < 4.78 is 0. The van der Waals surface area contributed by atoms with Crippen molar-refractivity contribution in [2.24, 2.45) is 0 Å². The van der Waals surface area contributed by atoms with E-state index in [-0.39, 0.29) is 12.1 Å². The average Bonchev–Trinajstić information content (AvgIpc) is 2.39. The second kappa shape index (κ2) is 6.88. The molecule has 0 spiro atoms. The Kier molecular flexibility index (Phi) is 5.45. The van der Waals surface area contributed by atoms with Crippen molar-refractivity contribution in [3.63, 3.8) is 0 Å². The van der Waals surface area contributed by atoms with Gasteiger partial charge in [-0.05, 0) is 25.8 Å². The first kappa shape index (κ1) is 13.5. The fourth-order valence-corrected chi connectivity index (χ4v) is 1.96. The van der Waals surface area contributed by atoms with Gasteiger partial charge in [-0.2, -0.15) is 5.26 Å². The van der Waals surface area contributed by atoms with Crippen LogP contribution in [0.4, 0.5) is 0 Å². The number of benzene rings is 1. The Bertz CT molecular complexity index is 378. The number of hydrogen-bond acceptors (Lipinski definition) is 2. The van der Waals surface area contributed by atoms with E-state index in [4.69, 9.17) is 5.26 Å². The zero-order valence-corrected chi connectivity index (χ0v) is 10.6. The molecular formula is C15H20N2. The highest BCUT2D eigenvalue weighted by Gasteiger charge is 2.20. The van der Waals surface area contributed by atoms with Crippen molar-refractivity contribution in [2.75, 3.05) is 6.54 Å². The smallest absolute Gasteiger partial charge is 0.0954 e. The van der Waals surface area contributed by atoms with Crippen LogP contribution in [-0.2, 0) is 0 Å². The van der Waals surface area contributed by atoms with E-state index in [1.54, 1.807) is 0 Å². The van der Waals surface area contributed by atoms with Gasteiger partial charge in [-0.25, -0.2) is 0 Å².